The van der Waals surface area contributed by atoms with Gasteiger partial charge in [-0.15, -0.1) is 11.3 Å². The molecule has 1 saturated heterocycles. The van der Waals surface area contributed by atoms with Crippen molar-refractivity contribution >= 4 is 40.7 Å². The molecular weight excluding hydrogens is 496 g/mol. The number of carbonyl (C=O) groups excluding carboxylic acids is 2. The van der Waals surface area contributed by atoms with Crippen molar-refractivity contribution in [2.24, 2.45) is 5.92 Å². The topological polar surface area (TPSA) is 104 Å². The lowest BCUT2D eigenvalue weighted by Gasteiger charge is -2.22. The molecule has 3 heterocycles. The average Bonchev–Trinajstić information content (AvgIpc) is 3.58. The summed E-state index contributed by atoms with van der Waals surface area (Å²) in [4.78, 5) is 38.5. The number of likely N-dealkylation sites (N-methyl/N-ethyl adjacent to an activating group) is 1. The van der Waals surface area contributed by atoms with Crippen LogP contribution in [0, 0.1) is 5.92 Å². The zero-order valence-electron chi connectivity index (χ0n) is 23.6. The minimum atomic E-state index is -0.647. The molecule has 1 atom stereocenters. The molecule has 38 heavy (non-hydrogen) atoms. The first-order valence-electron chi connectivity index (χ1n) is 13.9. The predicted octanol–water partition coefficient (Wildman–Crippen LogP) is 4.97. The zero-order valence-corrected chi connectivity index (χ0v) is 24.4. The molecule has 1 unspecified atom stereocenters. The van der Waals surface area contributed by atoms with Crippen molar-refractivity contribution in [3.63, 3.8) is 0 Å². The summed E-state index contributed by atoms with van der Waals surface area (Å²) in [6, 6.07) is 1.74. The fourth-order valence-electron chi connectivity index (χ4n) is 4.74. The number of nitrogens with one attached hydrogen (secondary N) is 1. The van der Waals surface area contributed by atoms with E-state index in [0.717, 1.165) is 5.56 Å². The van der Waals surface area contributed by atoms with Crippen molar-refractivity contribution in [3.05, 3.63) is 39.5 Å². The highest BCUT2D eigenvalue weighted by Gasteiger charge is 2.22. The normalized spacial score (nSPS) is 15.5. The molecule has 2 aliphatic rings. The molecule has 0 saturated carbocycles. The molecule has 208 valence electrons. The Balaban J connectivity index is 0.000000214. The van der Waals surface area contributed by atoms with Gasteiger partial charge < -0.3 is 20.9 Å². The summed E-state index contributed by atoms with van der Waals surface area (Å²) in [7, 11) is 0. The van der Waals surface area contributed by atoms with Gasteiger partial charge in [0.1, 0.15) is 5.82 Å². The van der Waals surface area contributed by atoms with Gasteiger partial charge >= 0.3 is 11.8 Å². The lowest BCUT2D eigenvalue weighted by molar-refractivity contribution is -0.143. The number of allylic oxidation sites excluding steroid dienone is 1. The summed E-state index contributed by atoms with van der Waals surface area (Å²) in [6.07, 6.45) is 11.8. The molecule has 2 aromatic rings. The van der Waals surface area contributed by atoms with Gasteiger partial charge in [0.25, 0.3) is 0 Å². The smallest absolute Gasteiger partial charge is 0.313 e. The summed E-state index contributed by atoms with van der Waals surface area (Å²) >= 11 is 1.94. The van der Waals surface area contributed by atoms with E-state index in [2.05, 4.69) is 34.3 Å². The largest absolute Gasteiger partial charge is 0.383 e. The van der Waals surface area contributed by atoms with Gasteiger partial charge in [-0.05, 0) is 75.7 Å². The van der Waals surface area contributed by atoms with E-state index in [1.54, 1.807) is 6.07 Å². The molecule has 1 fully saturated rings. The molecule has 3 N–H and O–H groups in total. The molecule has 2 amide bonds. The number of hydrogen-bond donors (Lipinski definition) is 2. The number of hydrogen-bond acceptors (Lipinski definition) is 7. The minimum absolute atomic E-state index is 0.312. The van der Waals surface area contributed by atoms with Crippen LogP contribution in [0.25, 0.3) is 6.08 Å². The van der Waals surface area contributed by atoms with Crippen molar-refractivity contribution in [3.8, 4) is 0 Å². The van der Waals surface area contributed by atoms with E-state index in [1.165, 1.54) is 72.0 Å². The Labute approximate surface area is 231 Å². The Kier molecular flexibility index (Phi) is 11.3. The molecule has 4 rings (SSSR count). The molecule has 0 bridgehead atoms. The summed E-state index contributed by atoms with van der Waals surface area (Å²) in [5.74, 6) is 0.174. The number of aryl methyl sites for hydroxylation is 2. The number of aromatic nitrogens is 2. The summed E-state index contributed by atoms with van der Waals surface area (Å²) in [5.41, 5.74) is 8.28. The first kappa shape index (κ1) is 29.8. The van der Waals surface area contributed by atoms with Gasteiger partial charge in [-0.3, -0.25) is 9.59 Å². The standard InChI is InChI=1S/C15H24N4O2.C14H20N2S/c1-5-11-7-12(8-17-13(11)16)18-14(20)15(21)19(6-2)9-10(3)4;1-11(10-16-8-4-5-9-16)14-15-12-6-2-3-7-13(12)17-14/h7-8,10H,5-6,9H2,1-4H3,(H2,16,17)(H,18,20);2,6,11H,3-5,7-10H2,1H3. The van der Waals surface area contributed by atoms with Gasteiger partial charge in [0.2, 0.25) is 0 Å². The fraction of sp³-hybridized carbons (Fsp3) is 0.586. The first-order valence-corrected chi connectivity index (χ1v) is 14.8. The molecule has 0 radical (unpaired) electrons. The van der Waals surface area contributed by atoms with Crippen LogP contribution >= 0.6 is 11.3 Å². The Hall–Kier alpha value is -2.78. The number of likely N-dealkylation sites (tertiary alicyclic amines) is 1. The number of rotatable bonds is 8. The van der Waals surface area contributed by atoms with Gasteiger partial charge in [-0.25, -0.2) is 9.97 Å². The van der Waals surface area contributed by atoms with Crippen molar-refractivity contribution in [2.75, 3.05) is 43.8 Å². The van der Waals surface area contributed by atoms with Crippen LogP contribution in [0.5, 0.6) is 0 Å². The van der Waals surface area contributed by atoms with Crippen molar-refractivity contribution in [1.29, 1.82) is 0 Å². The van der Waals surface area contributed by atoms with E-state index >= 15 is 0 Å². The highest BCUT2D eigenvalue weighted by atomic mass is 32.1. The van der Waals surface area contributed by atoms with Crippen LogP contribution in [0.2, 0.25) is 0 Å². The number of nitrogen functional groups attached to an aromatic ring is 1. The lowest BCUT2D eigenvalue weighted by Crippen LogP contribution is -2.41. The third-order valence-electron chi connectivity index (χ3n) is 6.80. The summed E-state index contributed by atoms with van der Waals surface area (Å²) in [5, 5.41) is 3.92. The average molecular weight is 541 g/mol. The Morgan fingerprint density at radius 3 is 2.58 bits per heavy atom. The van der Waals surface area contributed by atoms with Gasteiger partial charge in [0.05, 0.1) is 22.6 Å². The Morgan fingerprint density at radius 2 is 1.95 bits per heavy atom. The van der Waals surface area contributed by atoms with Crippen LogP contribution < -0.4 is 11.1 Å². The van der Waals surface area contributed by atoms with E-state index in [-0.39, 0.29) is 0 Å². The molecule has 0 aromatic carbocycles. The SMILES string of the molecule is CC(CN1CCCC1)c1nc2c(s1)CCC=C2.CCc1cc(NC(=O)C(=O)N(CC)CC(C)C)cnc1N. The van der Waals surface area contributed by atoms with E-state index < -0.39 is 11.8 Å². The monoisotopic (exact) mass is 540 g/mol. The second kappa shape index (κ2) is 14.4. The van der Waals surface area contributed by atoms with E-state index in [9.17, 15) is 9.59 Å². The van der Waals surface area contributed by atoms with Crippen LogP contribution in [-0.4, -0.2) is 64.3 Å². The Bertz CT molecular complexity index is 1110. The molecule has 8 nitrogen and oxygen atoms in total. The van der Waals surface area contributed by atoms with Crippen molar-refractivity contribution < 1.29 is 9.59 Å². The number of anilines is 2. The van der Waals surface area contributed by atoms with Crippen LogP contribution in [0.1, 0.15) is 80.9 Å². The predicted molar refractivity (Wildman–Crippen MR) is 157 cm³/mol. The number of amides is 2. The van der Waals surface area contributed by atoms with Gasteiger partial charge in [0, 0.05) is 30.4 Å². The molecule has 0 spiro atoms. The third kappa shape index (κ3) is 8.36. The van der Waals surface area contributed by atoms with E-state index in [4.69, 9.17) is 10.7 Å². The number of carbonyl (C=O) groups is 2. The lowest BCUT2D eigenvalue weighted by atomic mass is 10.1. The summed E-state index contributed by atoms with van der Waals surface area (Å²) < 4.78 is 0. The number of nitrogens with two attached hydrogens (primary N) is 1. The van der Waals surface area contributed by atoms with Crippen LogP contribution in [0.3, 0.4) is 0 Å². The molecule has 2 aromatic heterocycles. The number of thiazole rings is 1. The van der Waals surface area contributed by atoms with E-state index in [0.29, 0.717) is 42.9 Å². The highest BCUT2D eigenvalue weighted by molar-refractivity contribution is 7.11. The maximum absolute atomic E-state index is 12.1. The number of nitrogens with zero attached hydrogens (tertiary/aromatic N) is 4. The van der Waals surface area contributed by atoms with Gasteiger partial charge in [-0.2, -0.15) is 0 Å². The Morgan fingerprint density at radius 1 is 1.21 bits per heavy atom. The number of pyridine rings is 1. The van der Waals surface area contributed by atoms with Crippen LogP contribution in [-0.2, 0) is 22.4 Å². The summed E-state index contributed by atoms with van der Waals surface area (Å²) in [6.45, 7) is 15.0. The maximum Gasteiger partial charge on any atom is 0.313 e. The minimum Gasteiger partial charge on any atom is -0.383 e. The fourth-order valence-corrected chi connectivity index (χ4v) is 5.85. The van der Waals surface area contributed by atoms with Crippen LogP contribution in [0.4, 0.5) is 11.5 Å². The zero-order chi connectivity index (χ0) is 27.7. The molecule has 1 aliphatic heterocycles. The van der Waals surface area contributed by atoms with Crippen molar-refractivity contribution in [2.45, 2.75) is 72.6 Å². The van der Waals surface area contributed by atoms with Gasteiger partial charge in [0.15, 0.2) is 0 Å². The maximum atomic E-state index is 12.1. The molecule has 1 aliphatic carbocycles. The van der Waals surface area contributed by atoms with Crippen molar-refractivity contribution in [1.82, 2.24) is 19.8 Å². The molecular formula is C29H44N6O2S. The quantitative estimate of drug-likeness (QED) is 0.458. The number of fused-ring (bicyclic) bond motifs is 1. The van der Waals surface area contributed by atoms with Crippen LogP contribution in [0.15, 0.2) is 18.3 Å². The van der Waals surface area contributed by atoms with Gasteiger partial charge in [-0.1, -0.05) is 33.8 Å². The highest BCUT2D eigenvalue weighted by Crippen LogP contribution is 2.30. The second-order valence-corrected chi connectivity index (χ2v) is 11.6. The third-order valence-corrected chi connectivity index (χ3v) is 8.16. The molecule has 9 heteroatoms. The first-order chi connectivity index (χ1) is 18.2. The second-order valence-electron chi connectivity index (χ2n) is 10.5. The van der Waals surface area contributed by atoms with E-state index in [1.807, 2.05) is 39.0 Å².